The van der Waals surface area contributed by atoms with Gasteiger partial charge in [0.25, 0.3) is 5.91 Å². The number of hydrogen-bond acceptors (Lipinski definition) is 5. The van der Waals surface area contributed by atoms with Crippen LogP contribution in [0.25, 0.3) is 0 Å². The third kappa shape index (κ3) is 4.78. The molecule has 1 atom stereocenters. The van der Waals surface area contributed by atoms with Gasteiger partial charge in [-0.3, -0.25) is 9.69 Å². The summed E-state index contributed by atoms with van der Waals surface area (Å²) in [4.78, 5) is 19.8. The Kier molecular flexibility index (Phi) is 6.23. The van der Waals surface area contributed by atoms with Gasteiger partial charge in [0.2, 0.25) is 6.10 Å². The summed E-state index contributed by atoms with van der Waals surface area (Å²) in [5.41, 5.74) is 1.79. The lowest BCUT2D eigenvalue weighted by Gasteiger charge is -2.26. The molecule has 1 saturated heterocycles. The molecule has 2 heterocycles. The summed E-state index contributed by atoms with van der Waals surface area (Å²) in [7, 11) is 0. The molecule has 24 heavy (non-hydrogen) atoms. The number of ether oxygens (including phenoxy) is 1. The molecule has 2 aliphatic heterocycles. The second-order valence-electron chi connectivity index (χ2n) is 5.95. The van der Waals surface area contributed by atoms with E-state index in [4.69, 9.17) is 9.57 Å². The number of halogens is 1. The first kappa shape index (κ1) is 17.4. The van der Waals surface area contributed by atoms with E-state index in [1.54, 1.807) is 0 Å². The number of carbonyl (C=O) groups excluding carboxylic acids is 1. The fourth-order valence-electron chi connectivity index (χ4n) is 2.81. The quantitative estimate of drug-likeness (QED) is 0.745. The molecule has 0 unspecified atom stereocenters. The molecule has 1 fully saturated rings. The van der Waals surface area contributed by atoms with Gasteiger partial charge in [-0.2, -0.15) is 0 Å². The van der Waals surface area contributed by atoms with Crippen molar-refractivity contribution in [3.8, 4) is 0 Å². The number of benzene rings is 1. The van der Waals surface area contributed by atoms with Crippen LogP contribution in [0.3, 0.4) is 0 Å². The van der Waals surface area contributed by atoms with E-state index in [-0.39, 0.29) is 5.91 Å². The van der Waals surface area contributed by atoms with Crippen LogP contribution in [0.5, 0.6) is 0 Å². The van der Waals surface area contributed by atoms with Crippen LogP contribution < -0.4 is 5.32 Å². The van der Waals surface area contributed by atoms with Crippen LogP contribution in [0.15, 0.2) is 33.9 Å². The van der Waals surface area contributed by atoms with Crippen molar-refractivity contribution in [1.82, 2.24) is 10.2 Å². The van der Waals surface area contributed by atoms with Crippen LogP contribution >= 0.6 is 15.9 Å². The van der Waals surface area contributed by atoms with E-state index in [2.05, 4.69) is 31.3 Å². The molecular formula is C17H22BrN3O3. The van der Waals surface area contributed by atoms with Crippen LogP contribution in [-0.4, -0.2) is 62.0 Å². The first-order valence-corrected chi connectivity index (χ1v) is 9.08. The Balaban J connectivity index is 1.37. The summed E-state index contributed by atoms with van der Waals surface area (Å²) in [5.74, 6) is -0.0919. The lowest BCUT2D eigenvalue weighted by atomic mass is 10.0. The monoisotopic (exact) mass is 395 g/mol. The Bertz CT molecular complexity index is 602. The largest absolute Gasteiger partial charge is 0.382 e. The maximum atomic E-state index is 12.2. The lowest BCUT2D eigenvalue weighted by Crippen LogP contribution is -2.39. The average molecular weight is 396 g/mol. The van der Waals surface area contributed by atoms with Gasteiger partial charge < -0.3 is 14.9 Å². The number of hydrogen-bond donors (Lipinski definition) is 1. The highest BCUT2D eigenvalue weighted by Crippen LogP contribution is 2.19. The van der Waals surface area contributed by atoms with Crippen LogP contribution in [-0.2, 0) is 14.4 Å². The van der Waals surface area contributed by atoms with Crippen molar-refractivity contribution in [1.29, 1.82) is 0 Å². The zero-order valence-corrected chi connectivity index (χ0v) is 15.1. The van der Waals surface area contributed by atoms with Crippen LogP contribution in [0, 0.1) is 0 Å². The fourth-order valence-corrected chi connectivity index (χ4v) is 3.21. The van der Waals surface area contributed by atoms with E-state index >= 15 is 0 Å². The topological polar surface area (TPSA) is 63.2 Å². The van der Waals surface area contributed by atoms with Crippen molar-refractivity contribution in [2.75, 3.05) is 39.4 Å². The highest BCUT2D eigenvalue weighted by atomic mass is 79.9. The van der Waals surface area contributed by atoms with Crippen LogP contribution in [0.2, 0.25) is 0 Å². The molecule has 0 spiro atoms. The molecule has 2 aliphatic rings. The summed E-state index contributed by atoms with van der Waals surface area (Å²) in [6.45, 7) is 5.19. The first-order valence-electron chi connectivity index (χ1n) is 8.29. The summed E-state index contributed by atoms with van der Waals surface area (Å²) < 4.78 is 6.31. The number of carbonyl (C=O) groups is 1. The van der Waals surface area contributed by atoms with Crippen molar-refractivity contribution in [3.63, 3.8) is 0 Å². The van der Waals surface area contributed by atoms with Gasteiger partial charge >= 0.3 is 0 Å². The van der Waals surface area contributed by atoms with E-state index < -0.39 is 6.10 Å². The van der Waals surface area contributed by atoms with E-state index in [9.17, 15) is 4.79 Å². The van der Waals surface area contributed by atoms with Gasteiger partial charge in [-0.15, -0.1) is 0 Å². The number of amides is 1. The van der Waals surface area contributed by atoms with Gasteiger partial charge in [-0.1, -0.05) is 33.2 Å². The summed E-state index contributed by atoms with van der Waals surface area (Å²) >= 11 is 3.44. The zero-order chi connectivity index (χ0) is 16.8. The molecule has 0 bridgehead atoms. The molecule has 3 rings (SSSR count). The molecule has 130 valence electrons. The van der Waals surface area contributed by atoms with Crippen molar-refractivity contribution >= 4 is 27.5 Å². The Morgan fingerprint density at radius 2 is 2.21 bits per heavy atom. The molecular weight excluding hydrogens is 374 g/mol. The third-order valence-corrected chi connectivity index (χ3v) is 4.67. The molecule has 6 nitrogen and oxygen atoms in total. The van der Waals surface area contributed by atoms with Gasteiger partial charge in [0.05, 0.1) is 18.9 Å². The normalized spacial score (nSPS) is 21.2. The molecule has 1 aromatic rings. The predicted octanol–water partition coefficient (Wildman–Crippen LogP) is 1.78. The van der Waals surface area contributed by atoms with Gasteiger partial charge in [0.1, 0.15) is 0 Å². The number of nitrogens with one attached hydrogen (secondary N) is 1. The number of oxime groups is 1. The van der Waals surface area contributed by atoms with Gasteiger partial charge in [-0.05, 0) is 25.1 Å². The minimum Gasteiger partial charge on any atom is -0.382 e. The smallest absolute Gasteiger partial charge is 0.264 e. The van der Waals surface area contributed by atoms with Crippen molar-refractivity contribution < 1.29 is 14.4 Å². The molecule has 1 N–H and O–H groups in total. The Hall–Kier alpha value is -1.44. The molecule has 0 radical (unpaired) electrons. The van der Waals surface area contributed by atoms with Gasteiger partial charge in [0.15, 0.2) is 0 Å². The van der Waals surface area contributed by atoms with E-state index in [0.29, 0.717) is 13.0 Å². The molecule has 7 heteroatoms. The highest BCUT2D eigenvalue weighted by molar-refractivity contribution is 9.10. The molecule has 0 saturated carbocycles. The standard InChI is InChI=1S/C17H22BrN3O3/c18-14-4-1-3-13(11-14)15-12-16(24-20-15)17(22)19-5-2-6-21-7-9-23-10-8-21/h1,3-4,11,16H,2,5-10,12H2,(H,19,22)/t16-/m0/s1. The maximum Gasteiger partial charge on any atom is 0.264 e. The maximum absolute atomic E-state index is 12.2. The number of morpholine rings is 1. The van der Waals surface area contributed by atoms with Crippen LogP contribution in [0.1, 0.15) is 18.4 Å². The molecule has 1 aromatic carbocycles. The highest BCUT2D eigenvalue weighted by Gasteiger charge is 2.28. The number of nitrogens with zero attached hydrogens (tertiary/aromatic N) is 2. The third-order valence-electron chi connectivity index (χ3n) is 4.17. The van der Waals surface area contributed by atoms with Crippen molar-refractivity contribution in [2.24, 2.45) is 5.16 Å². The fraction of sp³-hybridized carbons (Fsp3) is 0.529. The van der Waals surface area contributed by atoms with E-state index in [1.165, 1.54) is 0 Å². The zero-order valence-electron chi connectivity index (χ0n) is 13.5. The Labute approximate surface area is 150 Å². The second-order valence-corrected chi connectivity index (χ2v) is 6.86. The Morgan fingerprint density at radius 1 is 1.38 bits per heavy atom. The SMILES string of the molecule is O=C(NCCCN1CCOCC1)[C@@H]1CC(c2cccc(Br)c2)=NO1. The van der Waals surface area contributed by atoms with Crippen molar-refractivity contribution in [2.45, 2.75) is 18.9 Å². The average Bonchev–Trinajstić information content (AvgIpc) is 3.10. The Morgan fingerprint density at radius 3 is 3.00 bits per heavy atom. The summed E-state index contributed by atoms with van der Waals surface area (Å²) in [6.07, 6.45) is 0.908. The lowest BCUT2D eigenvalue weighted by molar-refractivity contribution is -0.131. The van der Waals surface area contributed by atoms with Crippen LogP contribution in [0.4, 0.5) is 0 Å². The second kappa shape index (κ2) is 8.60. The van der Waals surface area contributed by atoms with E-state index in [0.717, 1.165) is 55.0 Å². The first-order chi connectivity index (χ1) is 11.7. The molecule has 0 aliphatic carbocycles. The summed E-state index contributed by atoms with van der Waals surface area (Å²) in [5, 5.41) is 7.01. The minimum absolute atomic E-state index is 0.0919. The molecule has 0 aromatic heterocycles. The molecule has 1 amide bonds. The minimum atomic E-state index is -0.526. The number of rotatable bonds is 6. The summed E-state index contributed by atoms with van der Waals surface area (Å²) in [6, 6.07) is 7.85. The van der Waals surface area contributed by atoms with E-state index in [1.807, 2.05) is 24.3 Å². The van der Waals surface area contributed by atoms with Gasteiger partial charge in [0, 0.05) is 36.1 Å². The predicted molar refractivity (Wildman–Crippen MR) is 95.1 cm³/mol. The van der Waals surface area contributed by atoms with Gasteiger partial charge in [-0.25, -0.2) is 0 Å². The van der Waals surface area contributed by atoms with Crippen molar-refractivity contribution in [3.05, 3.63) is 34.3 Å².